The van der Waals surface area contributed by atoms with Crippen LogP contribution in [0.2, 0.25) is 0 Å². The number of hydrogen-bond donors (Lipinski definition) is 1. The van der Waals surface area contributed by atoms with Crippen LogP contribution in [-0.2, 0) is 11.4 Å². The van der Waals surface area contributed by atoms with E-state index in [9.17, 15) is 0 Å². The highest BCUT2D eigenvalue weighted by atomic mass is 16.6. The normalized spacial score (nSPS) is 11.1. The molecule has 0 saturated carbocycles. The number of furan rings is 1. The fraction of sp³-hybridized carbons (Fsp3) is 0.273. The lowest BCUT2D eigenvalue weighted by Crippen LogP contribution is -1.98. The molecule has 0 saturated heterocycles. The maximum Gasteiger partial charge on any atom is 0.134 e. The SMILES string of the molecule is Cc1oc2cc(CON)ccc2c1C. The van der Waals surface area contributed by atoms with Gasteiger partial charge in [-0.2, -0.15) is 0 Å². The fourth-order valence-corrected chi connectivity index (χ4v) is 1.58. The molecule has 0 atom stereocenters. The molecule has 0 aliphatic heterocycles. The predicted octanol–water partition coefficient (Wildman–Crippen LogP) is 2.44. The monoisotopic (exact) mass is 191 g/mol. The molecule has 0 radical (unpaired) electrons. The smallest absolute Gasteiger partial charge is 0.134 e. The Labute approximate surface area is 82.4 Å². The van der Waals surface area contributed by atoms with E-state index in [1.807, 2.05) is 25.1 Å². The maximum atomic E-state index is 5.59. The van der Waals surface area contributed by atoms with E-state index in [0.717, 1.165) is 22.3 Å². The topological polar surface area (TPSA) is 48.4 Å². The van der Waals surface area contributed by atoms with Gasteiger partial charge in [0.15, 0.2) is 0 Å². The van der Waals surface area contributed by atoms with E-state index in [1.165, 1.54) is 5.56 Å². The Balaban J connectivity index is 2.56. The molecule has 0 aliphatic carbocycles. The second-order valence-electron chi connectivity index (χ2n) is 3.42. The zero-order chi connectivity index (χ0) is 10.1. The average Bonchev–Trinajstić information content (AvgIpc) is 2.43. The van der Waals surface area contributed by atoms with Crippen molar-refractivity contribution in [3.63, 3.8) is 0 Å². The Bertz CT molecular complexity index is 460. The second kappa shape index (κ2) is 3.44. The second-order valence-corrected chi connectivity index (χ2v) is 3.42. The molecule has 2 aromatic rings. The van der Waals surface area contributed by atoms with Gasteiger partial charge in [0.05, 0.1) is 6.61 Å². The van der Waals surface area contributed by atoms with Crippen LogP contribution in [-0.4, -0.2) is 0 Å². The summed E-state index contributed by atoms with van der Waals surface area (Å²) in [7, 11) is 0. The van der Waals surface area contributed by atoms with Gasteiger partial charge in [-0.1, -0.05) is 12.1 Å². The van der Waals surface area contributed by atoms with Crippen molar-refractivity contribution in [2.24, 2.45) is 5.90 Å². The molecule has 2 rings (SSSR count). The van der Waals surface area contributed by atoms with Gasteiger partial charge in [-0.3, -0.25) is 4.84 Å². The Morgan fingerprint density at radius 3 is 2.86 bits per heavy atom. The van der Waals surface area contributed by atoms with Crippen molar-refractivity contribution in [1.82, 2.24) is 0 Å². The molecule has 3 heteroatoms. The average molecular weight is 191 g/mol. The van der Waals surface area contributed by atoms with E-state index in [4.69, 9.17) is 10.3 Å². The predicted molar refractivity (Wildman–Crippen MR) is 54.7 cm³/mol. The van der Waals surface area contributed by atoms with Gasteiger partial charge in [-0.25, -0.2) is 5.90 Å². The van der Waals surface area contributed by atoms with Crippen molar-refractivity contribution in [2.45, 2.75) is 20.5 Å². The van der Waals surface area contributed by atoms with Gasteiger partial charge in [-0.15, -0.1) is 0 Å². The Kier molecular flexibility index (Phi) is 2.27. The molecule has 0 aliphatic rings. The number of hydrogen-bond acceptors (Lipinski definition) is 3. The summed E-state index contributed by atoms with van der Waals surface area (Å²) in [4.78, 5) is 4.57. The van der Waals surface area contributed by atoms with Crippen LogP contribution in [0.25, 0.3) is 11.0 Å². The van der Waals surface area contributed by atoms with E-state index in [1.54, 1.807) is 0 Å². The molecule has 1 aromatic heterocycles. The third kappa shape index (κ3) is 1.41. The van der Waals surface area contributed by atoms with Gasteiger partial charge in [0.25, 0.3) is 0 Å². The van der Waals surface area contributed by atoms with Gasteiger partial charge < -0.3 is 4.42 Å². The van der Waals surface area contributed by atoms with Crippen molar-refractivity contribution in [1.29, 1.82) is 0 Å². The first-order valence-corrected chi connectivity index (χ1v) is 4.52. The zero-order valence-electron chi connectivity index (χ0n) is 8.33. The molecule has 0 amide bonds. The molecule has 0 unspecified atom stereocenters. The van der Waals surface area contributed by atoms with E-state index < -0.39 is 0 Å². The zero-order valence-corrected chi connectivity index (χ0v) is 8.33. The number of fused-ring (bicyclic) bond motifs is 1. The highest BCUT2D eigenvalue weighted by Crippen LogP contribution is 2.25. The molecule has 74 valence electrons. The van der Waals surface area contributed by atoms with Crippen molar-refractivity contribution in [2.75, 3.05) is 0 Å². The first-order valence-electron chi connectivity index (χ1n) is 4.52. The Morgan fingerprint density at radius 1 is 1.36 bits per heavy atom. The quantitative estimate of drug-likeness (QED) is 0.741. The van der Waals surface area contributed by atoms with Gasteiger partial charge in [0.2, 0.25) is 0 Å². The number of benzene rings is 1. The summed E-state index contributed by atoms with van der Waals surface area (Å²) in [5, 5.41) is 1.16. The van der Waals surface area contributed by atoms with Crippen molar-refractivity contribution < 1.29 is 9.25 Å². The molecule has 2 N–H and O–H groups in total. The molecule has 14 heavy (non-hydrogen) atoms. The molecule has 0 spiro atoms. The van der Waals surface area contributed by atoms with Crippen molar-refractivity contribution in [3.8, 4) is 0 Å². The van der Waals surface area contributed by atoms with E-state index in [2.05, 4.69) is 11.8 Å². The molecule has 0 fully saturated rings. The minimum absolute atomic E-state index is 0.411. The third-order valence-corrected chi connectivity index (χ3v) is 2.49. The van der Waals surface area contributed by atoms with Crippen LogP contribution >= 0.6 is 0 Å². The first kappa shape index (κ1) is 9.24. The summed E-state index contributed by atoms with van der Waals surface area (Å²) in [5.74, 6) is 5.97. The molecular formula is C11H13NO2. The summed E-state index contributed by atoms with van der Waals surface area (Å²) in [6.45, 7) is 4.43. The van der Waals surface area contributed by atoms with Crippen LogP contribution in [0.15, 0.2) is 22.6 Å². The maximum absolute atomic E-state index is 5.59. The molecule has 1 aromatic carbocycles. The minimum Gasteiger partial charge on any atom is -0.461 e. The lowest BCUT2D eigenvalue weighted by Gasteiger charge is -1.97. The standard InChI is InChI=1S/C11H13NO2/c1-7-8(2)14-11-5-9(6-13-12)3-4-10(7)11/h3-5H,6,12H2,1-2H3. The van der Waals surface area contributed by atoms with Crippen LogP contribution in [0.1, 0.15) is 16.9 Å². The number of nitrogens with two attached hydrogens (primary N) is 1. The van der Waals surface area contributed by atoms with Crippen molar-refractivity contribution in [3.05, 3.63) is 35.1 Å². The lowest BCUT2D eigenvalue weighted by molar-refractivity contribution is 0.124. The van der Waals surface area contributed by atoms with Crippen LogP contribution in [0.5, 0.6) is 0 Å². The van der Waals surface area contributed by atoms with Crippen LogP contribution < -0.4 is 5.90 Å². The van der Waals surface area contributed by atoms with Gasteiger partial charge in [0, 0.05) is 5.39 Å². The van der Waals surface area contributed by atoms with E-state index in [-0.39, 0.29) is 0 Å². The van der Waals surface area contributed by atoms with Gasteiger partial charge in [-0.05, 0) is 31.0 Å². The fourth-order valence-electron chi connectivity index (χ4n) is 1.58. The van der Waals surface area contributed by atoms with Crippen LogP contribution in [0.3, 0.4) is 0 Å². The lowest BCUT2D eigenvalue weighted by atomic mass is 10.1. The summed E-state index contributed by atoms with van der Waals surface area (Å²) >= 11 is 0. The van der Waals surface area contributed by atoms with Crippen LogP contribution in [0.4, 0.5) is 0 Å². The minimum atomic E-state index is 0.411. The summed E-state index contributed by atoms with van der Waals surface area (Å²) in [6.07, 6.45) is 0. The molecule has 1 heterocycles. The van der Waals surface area contributed by atoms with Crippen LogP contribution in [0, 0.1) is 13.8 Å². The third-order valence-electron chi connectivity index (χ3n) is 2.49. The summed E-state index contributed by atoms with van der Waals surface area (Å²) < 4.78 is 5.59. The van der Waals surface area contributed by atoms with Gasteiger partial charge >= 0.3 is 0 Å². The summed E-state index contributed by atoms with van der Waals surface area (Å²) in [6, 6.07) is 5.99. The molecule has 3 nitrogen and oxygen atoms in total. The molecule has 0 bridgehead atoms. The van der Waals surface area contributed by atoms with Gasteiger partial charge in [0.1, 0.15) is 11.3 Å². The Morgan fingerprint density at radius 2 is 2.14 bits per heavy atom. The number of aryl methyl sites for hydroxylation is 2. The van der Waals surface area contributed by atoms with E-state index in [0.29, 0.717) is 6.61 Å². The van der Waals surface area contributed by atoms with Crippen molar-refractivity contribution >= 4 is 11.0 Å². The highest BCUT2D eigenvalue weighted by Gasteiger charge is 2.06. The summed E-state index contributed by atoms with van der Waals surface area (Å²) in [5.41, 5.74) is 3.11. The largest absolute Gasteiger partial charge is 0.461 e. The Hall–Kier alpha value is -1.32. The highest BCUT2D eigenvalue weighted by molar-refractivity contribution is 5.82. The van der Waals surface area contributed by atoms with E-state index >= 15 is 0 Å². The molecular weight excluding hydrogens is 178 g/mol. The first-order chi connectivity index (χ1) is 6.72. The number of rotatable bonds is 2.